The third-order valence-corrected chi connectivity index (χ3v) is 9.63. The highest BCUT2D eigenvalue weighted by atomic mass is 32.2. The SMILES string of the molecule is Nc1nc2c(-c3ccc(S(=O)(=O)N4CCC[C@@H](N)C4)c(S(N)(=O)=O)c3-c3nnn[nH]3)cccc2s1. The normalized spacial score (nSPS) is 17.7. The molecule has 184 valence electrons. The molecular formula is C19H21N9O4S3. The van der Waals surface area contributed by atoms with Gasteiger partial charge in [-0.25, -0.2) is 32.1 Å². The van der Waals surface area contributed by atoms with E-state index in [1.54, 1.807) is 12.1 Å². The molecule has 7 N–H and O–H groups in total. The van der Waals surface area contributed by atoms with Gasteiger partial charge in [0.2, 0.25) is 20.0 Å². The number of primary sulfonamides is 1. The number of piperidine rings is 1. The lowest BCUT2D eigenvalue weighted by Crippen LogP contribution is -2.46. The van der Waals surface area contributed by atoms with E-state index in [2.05, 4.69) is 25.6 Å². The Morgan fingerprint density at radius 1 is 1.11 bits per heavy atom. The first-order chi connectivity index (χ1) is 16.6. The van der Waals surface area contributed by atoms with Gasteiger partial charge in [0, 0.05) is 24.7 Å². The molecule has 0 unspecified atom stereocenters. The van der Waals surface area contributed by atoms with Gasteiger partial charge in [0.25, 0.3) is 0 Å². The molecule has 1 atom stereocenters. The maximum absolute atomic E-state index is 13.6. The first-order valence-corrected chi connectivity index (χ1v) is 14.2. The van der Waals surface area contributed by atoms with E-state index in [1.165, 1.54) is 27.8 Å². The van der Waals surface area contributed by atoms with Crippen LogP contribution in [0.1, 0.15) is 12.8 Å². The Morgan fingerprint density at radius 3 is 2.60 bits per heavy atom. The number of para-hydroxylation sites is 1. The maximum atomic E-state index is 13.6. The van der Waals surface area contributed by atoms with E-state index < -0.39 is 29.8 Å². The molecule has 0 bridgehead atoms. The number of aromatic amines is 1. The van der Waals surface area contributed by atoms with Gasteiger partial charge in [-0.1, -0.05) is 29.5 Å². The number of thiazole rings is 1. The highest BCUT2D eigenvalue weighted by Crippen LogP contribution is 2.42. The summed E-state index contributed by atoms with van der Waals surface area (Å²) < 4.78 is 55.2. The molecular weight excluding hydrogens is 514 g/mol. The lowest BCUT2D eigenvalue weighted by Gasteiger charge is -2.30. The molecule has 13 nitrogen and oxygen atoms in total. The Kier molecular flexibility index (Phi) is 5.81. The Hall–Kier alpha value is -3.02. The number of benzene rings is 2. The number of nitrogens with two attached hydrogens (primary N) is 3. The Bertz CT molecular complexity index is 1630. The molecule has 0 saturated carbocycles. The molecule has 1 fully saturated rings. The molecule has 0 radical (unpaired) electrons. The van der Waals surface area contributed by atoms with Crippen LogP contribution < -0.4 is 16.6 Å². The zero-order valence-corrected chi connectivity index (χ0v) is 20.6. The second kappa shape index (κ2) is 8.58. The average molecular weight is 536 g/mol. The summed E-state index contributed by atoms with van der Waals surface area (Å²) in [6.45, 7) is 0.267. The fraction of sp³-hybridized carbons (Fsp3) is 0.263. The van der Waals surface area contributed by atoms with Crippen LogP contribution in [0.5, 0.6) is 0 Å². The van der Waals surface area contributed by atoms with Crippen LogP contribution in [0.25, 0.3) is 32.7 Å². The third-order valence-electron chi connectivity index (χ3n) is 5.75. The van der Waals surface area contributed by atoms with E-state index in [0.717, 1.165) is 4.70 Å². The van der Waals surface area contributed by atoms with E-state index in [-0.39, 0.29) is 30.5 Å². The number of H-pyrrole nitrogens is 1. The minimum atomic E-state index is -4.60. The van der Waals surface area contributed by atoms with Crippen molar-refractivity contribution in [3.05, 3.63) is 30.3 Å². The second-order valence-electron chi connectivity index (χ2n) is 8.08. The van der Waals surface area contributed by atoms with E-state index in [9.17, 15) is 16.8 Å². The van der Waals surface area contributed by atoms with Crippen molar-refractivity contribution in [2.75, 3.05) is 18.8 Å². The number of aromatic nitrogens is 5. The van der Waals surface area contributed by atoms with Gasteiger partial charge < -0.3 is 11.5 Å². The topological polar surface area (TPSA) is 217 Å². The van der Waals surface area contributed by atoms with Crippen LogP contribution in [0.3, 0.4) is 0 Å². The highest BCUT2D eigenvalue weighted by Gasteiger charge is 2.36. The van der Waals surface area contributed by atoms with Crippen molar-refractivity contribution in [2.45, 2.75) is 28.7 Å². The zero-order chi connectivity index (χ0) is 25.0. The summed E-state index contributed by atoms with van der Waals surface area (Å²) in [6, 6.07) is 7.66. The van der Waals surface area contributed by atoms with Gasteiger partial charge in [0.15, 0.2) is 11.0 Å². The number of tetrazole rings is 1. The minimum absolute atomic E-state index is 0.0603. The molecule has 1 aliphatic rings. The fourth-order valence-electron chi connectivity index (χ4n) is 4.29. The highest BCUT2D eigenvalue weighted by molar-refractivity contribution is 7.92. The smallest absolute Gasteiger partial charge is 0.244 e. The van der Waals surface area contributed by atoms with Crippen molar-refractivity contribution >= 4 is 46.7 Å². The summed E-state index contributed by atoms with van der Waals surface area (Å²) in [5, 5.41) is 19.5. The molecule has 35 heavy (non-hydrogen) atoms. The van der Waals surface area contributed by atoms with Gasteiger partial charge in [-0.3, -0.25) is 0 Å². The van der Waals surface area contributed by atoms with Crippen molar-refractivity contribution in [1.29, 1.82) is 0 Å². The van der Waals surface area contributed by atoms with Gasteiger partial charge in [0.1, 0.15) is 9.79 Å². The van der Waals surface area contributed by atoms with Crippen molar-refractivity contribution in [3.63, 3.8) is 0 Å². The van der Waals surface area contributed by atoms with Gasteiger partial charge in [0.05, 0.1) is 15.8 Å². The molecule has 2 aromatic heterocycles. The minimum Gasteiger partial charge on any atom is -0.375 e. The molecule has 4 aromatic rings. The van der Waals surface area contributed by atoms with Crippen LogP contribution in [0.15, 0.2) is 40.1 Å². The average Bonchev–Trinajstić information content (AvgIpc) is 3.46. The quantitative estimate of drug-likeness (QED) is 0.277. The summed E-state index contributed by atoms with van der Waals surface area (Å²) in [7, 11) is -8.88. The standard InChI is InChI=1S/C19H21N9O4S3/c20-10-3-2-8-28(9-10)35(31,32)14-7-6-11(12-4-1-5-13-16(12)23-19(21)33-13)15(17(14)34(22,29)30)18-24-26-27-25-18/h1,4-7,10H,2-3,8-9,20H2,(H2,21,23)(H2,22,29,30)(H,24,25,26,27)/t10-/m1/s1. The molecule has 0 spiro atoms. The Labute approximate surface area is 204 Å². The van der Waals surface area contributed by atoms with Crippen LogP contribution in [0, 0.1) is 0 Å². The van der Waals surface area contributed by atoms with Crippen molar-refractivity contribution in [2.24, 2.45) is 10.9 Å². The second-order valence-corrected chi connectivity index (χ2v) is 12.5. The number of rotatable bonds is 5. The summed E-state index contributed by atoms with van der Waals surface area (Å²) in [5.74, 6) is -0.0726. The molecule has 0 amide bonds. The van der Waals surface area contributed by atoms with E-state index in [4.69, 9.17) is 16.6 Å². The molecule has 2 aromatic carbocycles. The van der Waals surface area contributed by atoms with Crippen LogP contribution in [0.2, 0.25) is 0 Å². The largest absolute Gasteiger partial charge is 0.375 e. The summed E-state index contributed by atoms with van der Waals surface area (Å²) in [5.41, 5.74) is 13.1. The number of nitrogen functional groups attached to an aromatic ring is 1. The number of sulfonamides is 2. The number of nitrogens with one attached hydrogen (secondary N) is 1. The maximum Gasteiger partial charge on any atom is 0.244 e. The molecule has 5 rings (SSSR count). The third kappa shape index (κ3) is 4.17. The number of fused-ring (bicyclic) bond motifs is 1. The molecule has 1 saturated heterocycles. The van der Waals surface area contributed by atoms with Crippen molar-refractivity contribution in [3.8, 4) is 22.5 Å². The summed E-state index contributed by atoms with van der Waals surface area (Å²) >= 11 is 1.26. The lowest BCUT2D eigenvalue weighted by molar-refractivity contribution is 0.315. The summed E-state index contributed by atoms with van der Waals surface area (Å²) in [6.07, 6.45) is 1.22. The number of nitrogens with zero attached hydrogens (tertiary/aromatic N) is 5. The van der Waals surface area contributed by atoms with E-state index in [1.807, 2.05) is 6.07 Å². The van der Waals surface area contributed by atoms with E-state index >= 15 is 0 Å². The summed E-state index contributed by atoms with van der Waals surface area (Å²) in [4.78, 5) is 3.27. The molecule has 3 heterocycles. The number of hydrogen-bond donors (Lipinski definition) is 4. The van der Waals surface area contributed by atoms with Crippen LogP contribution >= 0.6 is 11.3 Å². The van der Waals surface area contributed by atoms with Crippen LogP contribution in [0.4, 0.5) is 5.13 Å². The number of anilines is 1. The van der Waals surface area contributed by atoms with Crippen LogP contribution in [-0.2, 0) is 20.0 Å². The predicted molar refractivity (Wildman–Crippen MR) is 130 cm³/mol. The van der Waals surface area contributed by atoms with Gasteiger partial charge in [-0.15, -0.1) is 5.10 Å². The monoisotopic (exact) mass is 535 g/mol. The van der Waals surface area contributed by atoms with Gasteiger partial charge in [-0.2, -0.15) is 4.31 Å². The lowest BCUT2D eigenvalue weighted by atomic mass is 9.98. The molecule has 1 aliphatic heterocycles. The molecule has 16 heteroatoms. The zero-order valence-electron chi connectivity index (χ0n) is 18.1. The van der Waals surface area contributed by atoms with Gasteiger partial charge in [-0.05, 0) is 41.0 Å². The number of hydrogen-bond acceptors (Lipinski definition) is 11. The first kappa shape index (κ1) is 23.7. The Balaban J connectivity index is 1.85. The predicted octanol–water partition coefficient (Wildman–Crippen LogP) is 0.485. The van der Waals surface area contributed by atoms with Crippen molar-refractivity contribution in [1.82, 2.24) is 29.9 Å². The van der Waals surface area contributed by atoms with Crippen LogP contribution in [-0.4, -0.2) is 65.9 Å². The first-order valence-electron chi connectivity index (χ1n) is 10.4. The molecule has 0 aliphatic carbocycles. The van der Waals surface area contributed by atoms with Crippen molar-refractivity contribution < 1.29 is 16.8 Å². The fourth-order valence-corrected chi connectivity index (χ4v) is 8.16. The van der Waals surface area contributed by atoms with Gasteiger partial charge >= 0.3 is 0 Å². The van der Waals surface area contributed by atoms with E-state index in [0.29, 0.717) is 34.6 Å². The Morgan fingerprint density at radius 2 is 1.91 bits per heavy atom.